The summed E-state index contributed by atoms with van der Waals surface area (Å²) in [5.41, 5.74) is 1.77. The molecule has 1 heterocycles. The number of rotatable bonds is 12. The third-order valence-electron chi connectivity index (χ3n) is 8.03. The molecule has 0 spiro atoms. The highest BCUT2D eigenvalue weighted by Crippen LogP contribution is 2.28. The molecule has 0 bridgehead atoms. The van der Waals surface area contributed by atoms with Crippen molar-refractivity contribution in [3.63, 3.8) is 0 Å². The molecule has 228 valence electrons. The van der Waals surface area contributed by atoms with E-state index in [-0.39, 0.29) is 44.0 Å². The topological polar surface area (TPSA) is 117 Å². The van der Waals surface area contributed by atoms with Crippen LogP contribution < -0.4 is 10.6 Å². The lowest BCUT2D eigenvalue weighted by Crippen LogP contribution is -2.51. The van der Waals surface area contributed by atoms with E-state index in [4.69, 9.17) is 21.1 Å². The van der Waals surface area contributed by atoms with Crippen molar-refractivity contribution in [2.75, 3.05) is 26.3 Å². The zero-order valence-electron chi connectivity index (χ0n) is 24.0. The summed E-state index contributed by atoms with van der Waals surface area (Å²) in [7, 11) is 0. The Morgan fingerprint density at radius 2 is 1.83 bits per heavy atom. The van der Waals surface area contributed by atoms with E-state index >= 15 is 0 Å². The minimum absolute atomic E-state index is 0.0260. The molecule has 4 rings (SSSR count). The molecule has 1 saturated heterocycles. The molecule has 2 aromatic carbocycles. The number of nitrogens with one attached hydrogen (secondary N) is 2. The number of hydrogen-bond acceptors (Lipinski definition) is 6. The molecule has 3 atom stereocenters. The first kappa shape index (κ1) is 31.8. The van der Waals surface area contributed by atoms with Crippen molar-refractivity contribution >= 4 is 29.5 Å². The smallest absolute Gasteiger partial charge is 0.408 e. The van der Waals surface area contributed by atoms with Gasteiger partial charge in [0.15, 0.2) is 0 Å². The standard InChI is InChI=1S/C32H42ClN3O6/c33-26-13-7-10-24(18-26)22-42-32(40)35-28(19-23-8-3-1-4-9-23)31(39)34-27(21-37)14-15-30(38)36-16-17-41-29(20-36)25-11-5-2-6-12-25/h2,5-7,10-13,18,23,27-29,37H,1,3-4,8-9,14-17,19-22H2,(H,34,39)(H,35,40)/t27-,28-,29?/m0/s1. The molecule has 1 saturated carbocycles. The molecule has 1 aliphatic heterocycles. The second-order valence-electron chi connectivity index (χ2n) is 11.2. The highest BCUT2D eigenvalue weighted by molar-refractivity contribution is 6.30. The van der Waals surface area contributed by atoms with Gasteiger partial charge in [0.25, 0.3) is 0 Å². The lowest BCUT2D eigenvalue weighted by atomic mass is 9.84. The van der Waals surface area contributed by atoms with E-state index in [2.05, 4.69) is 10.6 Å². The van der Waals surface area contributed by atoms with Crippen LogP contribution in [-0.4, -0.2) is 66.3 Å². The van der Waals surface area contributed by atoms with Crippen LogP contribution in [0.25, 0.3) is 0 Å². The second kappa shape index (κ2) is 16.5. The lowest BCUT2D eigenvalue weighted by molar-refractivity contribution is -0.139. The van der Waals surface area contributed by atoms with Crippen LogP contribution >= 0.6 is 11.6 Å². The van der Waals surface area contributed by atoms with Gasteiger partial charge < -0.3 is 30.1 Å². The predicted octanol–water partition coefficient (Wildman–Crippen LogP) is 4.76. The van der Waals surface area contributed by atoms with Crippen molar-refractivity contribution in [2.24, 2.45) is 5.92 Å². The molecule has 2 fully saturated rings. The maximum Gasteiger partial charge on any atom is 0.408 e. The molecule has 10 heteroatoms. The number of carbonyl (C=O) groups excluding carboxylic acids is 3. The minimum atomic E-state index is -0.810. The number of hydrogen-bond donors (Lipinski definition) is 3. The molecule has 2 aliphatic rings. The van der Waals surface area contributed by atoms with Crippen molar-refractivity contribution in [1.29, 1.82) is 0 Å². The van der Waals surface area contributed by atoms with Gasteiger partial charge in [-0.3, -0.25) is 9.59 Å². The number of halogens is 1. The molecule has 42 heavy (non-hydrogen) atoms. The maximum absolute atomic E-state index is 13.4. The average molecular weight is 600 g/mol. The summed E-state index contributed by atoms with van der Waals surface area (Å²) in [6.07, 6.45) is 5.47. The molecule has 9 nitrogen and oxygen atoms in total. The Morgan fingerprint density at radius 1 is 1.05 bits per heavy atom. The summed E-state index contributed by atoms with van der Waals surface area (Å²) in [6.45, 7) is 1.13. The summed E-state index contributed by atoms with van der Waals surface area (Å²) in [4.78, 5) is 40.8. The van der Waals surface area contributed by atoms with Crippen molar-refractivity contribution in [3.8, 4) is 0 Å². The van der Waals surface area contributed by atoms with Gasteiger partial charge in [0.2, 0.25) is 11.8 Å². The highest BCUT2D eigenvalue weighted by atomic mass is 35.5. The number of benzene rings is 2. The largest absolute Gasteiger partial charge is 0.445 e. The second-order valence-corrected chi connectivity index (χ2v) is 11.6. The van der Waals surface area contributed by atoms with Crippen molar-refractivity contribution in [2.45, 2.75) is 76.2 Å². The number of alkyl carbamates (subject to hydrolysis) is 1. The first-order valence-corrected chi connectivity index (χ1v) is 15.3. The monoisotopic (exact) mass is 599 g/mol. The molecule has 0 radical (unpaired) electrons. The van der Waals surface area contributed by atoms with E-state index in [9.17, 15) is 19.5 Å². The van der Waals surface area contributed by atoms with Crippen LogP contribution in [0.3, 0.4) is 0 Å². The van der Waals surface area contributed by atoms with Gasteiger partial charge in [-0.1, -0.05) is 86.2 Å². The third kappa shape index (κ3) is 10.00. The first-order valence-electron chi connectivity index (χ1n) is 14.9. The normalized spacial score (nSPS) is 19.0. The summed E-state index contributed by atoms with van der Waals surface area (Å²) in [5, 5.41) is 16.2. The third-order valence-corrected chi connectivity index (χ3v) is 8.26. The number of ether oxygens (including phenoxy) is 2. The van der Waals surface area contributed by atoms with Crippen molar-refractivity contribution in [3.05, 3.63) is 70.7 Å². The van der Waals surface area contributed by atoms with E-state index in [0.29, 0.717) is 37.1 Å². The zero-order chi connectivity index (χ0) is 29.7. The zero-order valence-corrected chi connectivity index (χ0v) is 24.8. The van der Waals surface area contributed by atoms with Gasteiger partial charge in [-0.15, -0.1) is 0 Å². The first-order chi connectivity index (χ1) is 20.4. The van der Waals surface area contributed by atoms with E-state index in [1.807, 2.05) is 30.3 Å². The van der Waals surface area contributed by atoms with Crippen LogP contribution in [0.1, 0.15) is 68.6 Å². The Kier molecular flexibility index (Phi) is 12.5. The summed E-state index contributed by atoms with van der Waals surface area (Å²) >= 11 is 6.02. The number of carbonyl (C=O) groups is 3. The molecule has 3 amide bonds. The molecular formula is C32H42ClN3O6. The van der Waals surface area contributed by atoms with E-state index in [0.717, 1.165) is 36.8 Å². The number of morpholine rings is 1. The SMILES string of the molecule is O=C(N[C@@H](CC1CCCCC1)C(=O)N[C@H](CO)CCC(=O)N1CCOC(c2ccccc2)C1)OCc1cccc(Cl)c1. The number of amides is 3. The van der Waals surface area contributed by atoms with E-state index in [1.54, 1.807) is 29.2 Å². The van der Waals surface area contributed by atoms with Gasteiger partial charge in [0.1, 0.15) is 18.8 Å². The Hall–Kier alpha value is -3.14. The quantitative estimate of drug-likeness (QED) is 0.324. The number of aliphatic hydroxyl groups excluding tert-OH is 1. The molecular weight excluding hydrogens is 558 g/mol. The van der Waals surface area contributed by atoms with Gasteiger partial charge in [0, 0.05) is 18.0 Å². The fourth-order valence-corrected chi connectivity index (χ4v) is 5.87. The van der Waals surface area contributed by atoms with Crippen molar-refractivity contribution < 1.29 is 29.0 Å². The summed E-state index contributed by atoms with van der Waals surface area (Å²) in [5.74, 6) is -0.119. The van der Waals surface area contributed by atoms with Gasteiger partial charge in [0.05, 0.1) is 25.8 Å². The number of nitrogens with zero attached hydrogens (tertiary/aromatic N) is 1. The van der Waals surface area contributed by atoms with Crippen LogP contribution in [0, 0.1) is 5.92 Å². The fraction of sp³-hybridized carbons (Fsp3) is 0.531. The summed E-state index contributed by atoms with van der Waals surface area (Å²) < 4.78 is 11.2. The van der Waals surface area contributed by atoms with Crippen LogP contribution in [0.2, 0.25) is 5.02 Å². The van der Waals surface area contributed by atoms with Gasteiger partial charge in [-0.05, 0) is 42.0 Å². The summed E-state index contributed by atoms with van der Waals surface area (Å²) in [6, 6.07) is 15.4. The highest BCUT2D eigenvalue weighted by Gasteiger charge is 2.29. The Balaban J connectivity index is 1.29. The van der Waals surface area contributed by atoms with Crippen LogP contribution in [-0.2, 0) is 25.7 Å². The van der Waals surface area contributed by atoms with Crippen LogP contribution in [0.5, 0.6) is 0 Å². The lowest BCUT2D eigenvalue weighted by Gasteiger charge is -2.33. The fourth-order valence-electron chi connectivity index (χ4n) is 5.66. The van der Waals surface area contributed by atoms with Gasteiger partial charge >= 0.3 is 6.09 Å². The predicted molar refractivity (Wildman–Crippen MR) is 160 cm³/mol. The molecule has 2 aromatic rings. The minimum Gasteiger partial charge on any atom is -0.445 e. The molecule has 0 aromatic heterocycles. The molecule has 1 unspecified atom stereocenters. The number of aliphatic hydroxyl groups is 1. The van der Waals surface area contributed by atoms with Crippen LogP contribution in [0.15, 0.2) is 54.6 Å². The Morgan fingerprint density at radius 3 is 2.57 bits per heavy atom. The average Bonchev–Trinajstić information content (AvgIpc) is 3.02. The molecule has 1 aliphatic carbocycles. The van der Waals surface area contributed by atoms with Crippen molar-refractivity contribution in [1.82, 2.24) is 15.5 Å². The van der Waals surface area contributed by atoms with E-state index < -0.39 is 18.2 Å². The maximum atomic E-state index is 13.4. The van der Waals surface area contributed by atoms with Gasteiger partial charge in [-0.25, -0.2) is 4.79 Å². The van der Waals surface area contributed by atoms with Crippen LogP contribution in [0.4, 0.5) is 4.79 Å². The Labute approximate surface area is 252 Å². The van der Waals surface area contributed by atoms with Gasteiger partial charge in [-0.2, -0.15) is 0 Å². The Bertz CT molecular complexity index is 1160. The van der Waals surface area contributed by atoms with E-state index in [1.165, 1.54) is 6.42 Å². The molecule has 3 N–H and O–H groups in total.